The monoisotopic (exact) mass is 171 g/mol. The number of amides is 1. The van der Waals surface area contributed by atoms with E-state index in [0.717, 1.165) is 26.2 Å². The Morgan fingerprint density at radius 2 is 2.00 bits per heavy atom. The van der Waals surface area contributed by atoms with Crippen LogP contribution in [0, 0.1) is 7.05 Å². The lowest BCUT2D eigenvalue weighted by molar-refractivity contribution is 0.0886. The number of carbonyl (C=O) groups excluding carboxylic acids is 1. The van der Waals surface area contributed by atoms with E-state index in [-0.39, 0.29) is 6.09 Å². The van der Waals surface area contributed by atoms with Crippen molar-refractivity contribution < 1.29 is 9.53 Å². The van der Waals surface area contributed by atoms with Gasteiger partial charge in [-0.1, -0.05) is 0 Å². The first-order valence-electron chi connectivity index (χ1n) is 4.21. The van der Waals surface area contributed by atoms with Gasteiger partial charge < -0.3 is 14.5 Å². The molecule has 0 aromatic rings. The number of rotatable bonds is 1. The van der Waals surface area contributed by atoms with Crippen LogP contribution in [-0.4, -0.2) is 48.7 Å². The Hall–Kier alpha value is -0.770. The molecule has 1 aliphatic rings. The maximum atomic E-state index is 11.2. The minimum Gasteiger partial charge on any atom is -0.456 e. The molecule has 1 aliphatic heterocycles. The van der Waals surface area contributed by atoms with Gasteiger partial charge in [0.25, 0.3) is 0 Å². The summed E-state index contributed by atoms with van der Waals surface area (Å²) in [5.74, 6) is 0. The Labute approximate surface area is 73.1 Å². The summed E-state index contributed by atoms with van der Waals surface area (Å²) >= 11 is 0. The lowest BCUT2D eigenvalue weighted by Crippen LogP contribution is -2.46. The number of hydrogen-bond donors (Lipinski definition) is 0. The minimum absolute atomic E-state index is 0.203. The SMILES string of the molecule is [CH2-]N1CCN(C(=O)OCC)CC1. The van der Waals surface area contributed by atoms with Crippen LogP contribution in [0.4, 0.5) is 4.79 Å². The van der Waals surface area contributed by atoms with Crippen LogP contribution >= 0.6 is 0 Å². The van der Waals surface area contributed by atoms with Gasteiger partial charge in [0, 0.05) is 13.1 Å². The second-order valence-electron chi connectivity index (χ2n) is 2.80. The number of piperazine rings is 1. The number of ether oxygens (including phenoxy) is 1. The molecule has 0 unspecified atom stereocenters. The van der Waals surface area contributed by atoms with Crippen molar-refractivity contribution in [3.63, 3.8) is 0 Å². The van der Waals surface area contributed by atoms with Crippen LogP contribution in [0.15, 0.2) is 0 Å². The van der Waals surface area contributed by atoms with Crippen molar-refractivity contribution in [1.82, 2.24) is 9.80 Å². The van der Waals surface area contributed by atoms with E-state index in [1.54, 1.807) is 4.90 Å². The molecule has 1 heterocycles. The molecule has 70 valence electrons. The van der Waals surface area contributed by atoms with E-state index >= 15 is 0 Å². The van der Waals surface area contributed by atoms with Crippen LogP contribution in [0.3, 0.4) is 0 Å². The van der Waals surface area contributed by atoms with Gasteiger partial charge in [-0.3, -0.25) is 7.05 Å². The number of hydrogen-bond acceptors (Lipinski definition) is 3. The van der Waals surface area contributed by atoms with Gasteiger partial charge in [-0.2, -0.15) is 0 Å². The highest BCUT2D eigenvalue weighted by Gasteiger charge is 2.17. The van der Waals surface area contributed by atoms with Gasteiger partial charge in [0.15, 0.2) is 0 Å². The van der Waals surface area contributed by atoms with Crippen LogP contribution in [0.25, 0.3) is 0 Å². The molecule has 1 amide bonds. The summed E-state index contributed by atoms with van der Waals surface area (Å²) in [6.07, 6.45) is -0.203. The standard InChI is InChI=1S/C8H15N2O2/c1-3-12-8(11)10-6-4-9(2)5-7-10/h2-7H2,1H3/q-1. The van der Waals surface area contributed by atoms with Gasteiger partial charge in [0.1, 0.15) is 0 Å². The van der Waals surface area contributed by atoms with Crippen molar-refractivity contribution in [3.05, 3.63) is 7.05 Å². The molecule has 0 atom stereocenters. The summed E-state index contributed by atoms with van der Waals surface area (Å²) in [6.45, 7) is 5.38. The lowest BCUT2D eigenvalue weighted by atomic mass is 10.3. The van der Waals surface area contributed by atoms with Crippen molar-refractivity contribution in [2.45, 2.75) is 6.92 Å². The predicted octanol–water partition coefficient (Wildman–Crippen LogP) is 0.552. The molecule has 1 rings (SSSR count). The molecule has 0 aromatic heterocycles. The molecule has 0 spiro atoms. The zero-order valence-electron chi connectivity index (χ0n) is 7.45. The van der Waals surface area contributed by atoms with E-state index in [0.29, 0.717) is 6.61 Å². The van der Waals surface area contributed by atoms with Crippen LogP contribution in [-0.2, 0) is 4.74 Å². The number of nitrogens with zero attached hydrogens (tertiary/aromatic N) is 2. The van der Waals surface area contributed by atoms with Crippen molar-refractivity contribution >= 4 is 6.09 Å². The van der Waals surface area contributed by atoms with E-state index < -0.39 is 0 Å². The van der Waals surface area contributed by atoms with E-state index in [2.05, 4.69) is 7.05 Å². The molecule has 0 aliphatic carbocycles. The second-order valence-corrected chi connectivity index (χ2v) is 2.80. The van der Waals surface area contributed by atoms with Gasteiger partial charge in [0.2, 0.25) is 0 Å². The Balaban J connectivity index is 2.29. The zero-order chi connectivity index (χ0) is 8.97. The molecule has 12 heavy (non-hydrogen) atoms. The Morgan fingerprint density at radius 3 is 2.50 bits per heavy atom. The van der Waals surface area contributed by atoms with Gasteiger partial charge in [-0.05, 0) is 20.0 Å². The Kier molecular flexibility index (Phi) is 3.34. The molecule has 1 fully saturated rings. The van der Waals surface area contributed by atoms with Gasteiger partial charge in [-0.25, -0.2) is 4.79 Å². The van der Waals surface area contributed by atoms with Gasteiger partial charge >= 0.3 is 6.09 Å². The van der Waals surface area contributed by atoms with E-state index in [1.165, 1.54) is 0 Å². The van der Waals surface area contributed by atoms with Gasteiger partial charge in [0.05, 0.1) is 6.61 Å². The lowest BCUT2D eigenvalue weighted by Gasteiger charge is -2.36. The van der Waals surface area contributed by atoms with Crippen LogP contribution in [0.1, 0.15) is 6.92 Å². The quantitative estimate of drug-likeness (QED) is 0.540. The van der Waals surface area contributed by atoms with Gasteiger partial charge in [-0.15, -0.1) is 0 Å². The molecule has 1 saturated heterocycles. The summed E-state index contributed by atoms with van der Waals surface area (Å²) in [4.78, 5) is 14.8. The van der Waals surface area contributed by atoms with E-state index in [9.17, 15) is 4.79 Å². The molecule has 0 aromatic carbocycles. The van der Waals surface area contributed by atoms with E-state index in [4.69, 9.17) is 4.74 Å². The summed E-state index contributed by atoms with van der Waals surface area (Å²) in [7, 11) is 3.79. The molecule has 4 heteroatoms. The van der Waals surface area contributed by atoms with Crippen molar-refractivity contribution in [2.24, 2.45) is 0 Å². The Bertz CT molecular complexity index is 153. The molecule has 0 N–H and O–H groups in total. The topological polar surface area (TPSA) is 32.8 Å². The van der Waals surface area contributed by atoms with Crippen molar-refractivity contribution in [2.75, 3.05) is 32.8 Å². The predicted molar refractivity (Wildman–Crippen MR) is 45.5 cm³/mol. The summed E-state index contributed by atoms with van der Waals surface area (Å²) in [5.41, 5.74) is 0. The average molecular weight is 171 g/mol. The maximum Gasteiger partial charge on any atom is 0.409 e. The average Bonchev–Trinajstić information content (AvgIpc) is 2.06. The Morgan fingerprint density at radius 1 is 1.42 bits per heavy atom. The minimum atomic E-state index is -0.203. The summed E-state index contributed by atoms with van der Waals surface area (Å²) in [6, 6.07) is 0. The highest BCUT2D eigenvalue weighted by molar-refractivity contribution is 5.67. The fourth-order valence-corrected chi connectivity index (χ4v) is 1.15. The maximum absolute atomic E-state index is 11.2. The first-order valence-corrected chi connectivity index (χ1v) is 4.21. The summed E-state index contributed by atoms with van der Waals surface area (Å²) in [5, 5.41) is 0. The van der Waals surface area contributed by atoms with Crippen molar-refractivity contribution in [3.8, 4) is 0 Å². The molecule has 4 nitrogen and oxygen atoms in total. The van der Waals surface area contributed by atoms with Crippen molar-refractivity contribution in [1.29, 1.82) is 0 Å². The third-order valence-electron chi connectivity index (χ3n) is 1.90. The fraction of sp³-hybridized carbons (Fsp3) is 0.750. The normalized spacial score (nSPS) is 19.3. The first-order chi connectivity index (χ1) is 5.74. The second kappa shape index (κ2) is 4.30. The third-order valence-corrected chi connectivity index (χ3v) is 1.90. The zero-order valence-corrected chi connectivity index (χ0v) is 7.45. The fourth-order valence-electron chi connectivity index (χ4n) is 1.15. The van der Waals surface area contributed by atoms with Crippen LogP contribution in [0.5, 0.6) is 0 Å². The molecular formula is C8H15N2O2-. The molecule has 0 saturated carbocycles. The smallest absolute Gasteiger partial charge is 0.409 e. The highest BCUT2D eigenvalue weighted by atomic mass is 16.6. The molecule has 0 bridgehead atoms. The van der Waals surface area contributed by atoms with Crippen LogP contribution in [0.2, 0.25) is 0 Å². The number of carbonyl (C=O) groups is 1. The first kappa shape index (κ1) is 9.32. The molecular weight excluding hydrogens is 156 g/mol. The van der Waals surface area contributed by atoms with E-state index in [1.807, 2.05) is 11.8 Å². The molecule has 0 radical (unpaired) electrons. The highest BCUT2D eigenvalue weighted by Crippen LogP contribution is 2.01. The van der Waals surface area contributed by atoms with Crippen LogP contribution < -0.4 is 0 Å². The third kappa shape index (κ3) is 2.37. The largest absolute Gasteiger partial charge is 0.456 e. The summed E-state index contributed by atoms with van der Waals surface area (Å²) < 4.78 is 4.86.